The molecule has 20 heavy (non-hydrogen) atoms. The van der Waals surface area contributed by atoms with Gasteiger partial charge in [0.15, 0.2) is 0 Å². The quantitative estimate of drug-likeness (QED) is 0.756. The highest BCUT2D eigenvalue weighted by Crippen LogP contribution is 2.55. The summed E-state index contributed by atoms with van der Waals surface area (Å²) < 4.78 is 6.26. The molecule has 6 atom stereocenters. The molecule has 0 amide bonds. The topological polar surface area (TPSA) is 76.0 Å². The summed E-state index contributed by atoms with van der Waals surface area (Å²) in [6, 6.07) is 0.462. The number of nitrogens with zero attached hydrogens (tertiary/aromatic N) is 1. The molecule has 0 saturated carbocycles. The van der Waals surface area contributed by atoms with Crippen molar-refractivity contribution in [3.63, 3.8) is 0 Å². The molecule has 4 heterocycles. The van der Waals surface area contributed by atoms with Crippen molar-refractivity contribution in [3.8, 4) is 0 Å². The molecule has 3 fully saturated rings. The highest BCUT2D eigenvalue weighted by Gasteiger charge is 2.53. The molecule has 4 N–H and O–H groups in total. The Morgan fingerprint density at radius 1 is 1.50 bits per heavy atom. The van der Waals surface area contributed by atoms with Gasteiger partial charge < -0.3 is 15.8 Å². The van der Waals surface area contributed by atoms with Crippen LogP contribution >= 0.6 is 11.8 Å². The van der Waals surface area contributed by atoms with Crippen molar-refractivity contribution in [2.24, 2.45) is 17.6 Å². The first-order chi connectivity index (χ1) is 9.88. The van der Waals surface area contributed by atoms with Crippen molar-refractivity contribution >= 4 is 11.8 Å². The highest BCUT2D eigenvalue weighted by atomic mass is 32.2. The molecule has 5 nitrogen and oxygen atoms in total. The molecule has 6 unspecified atom stereocenters. The average Bonchev–Trinajstić information content (AvgIpc) is 3.05. The van der Waals surface area contributed by atoms with Gasteiger partial charge in [0.05, 0.1) is 17.6 Å². The summed E-state index contributed by atoms with van der Waals surface area (Å²) in [5, 5.41) is 11.8. The summed E-state index contributed by atoms with van der Waals surface area (Å²) in [6.07, 6.45) is 6.70. The van der Waals surface area contributed by atoms with Crippen LogP contribution in [0.25, 0.3) is 0 Å². The molecule has 3 aliphatic heterocycles. The van der Waals surface area contributed by atoms with E-state index in [9.17, 15) is 0 Å². The predicted octanol–water partition coefficient (Wildman–Crippen LogP) is 0.908. The van der Waals surface area contributed by atoms with Crippen molar-refractivity contribution in [1.29, 1.82) is 0 Å². The van der Waals surface area contributed by atoms with Gasteiger partial charge in [-0.15, -0.1) is 11.8 Å². The second-order valence-corrected chi connectivity index (χ2v) is 7.48. The van der Waals surface area contributed by atoms with Gasteiger partial charge in [-0.3, -0.25) is 5.10 Å². The third-order valence-electron chi connectivity index (χ3n) is 5.11. The van der Waals surface area contributed by atoms with Crippen molar-refractivity contribution in [1.82, 2.24) is 15.5 Å². The Morgan fingerprint density at radius 2 is 2.45 bits per heavy atom. The van der Waals surface area contributed by atoms with E-state index in [1.165, 1.54) is 12.0 Å². The number of nitrogens with one attached hydrogen (secondary N) is 2. The Morgan fingerprint density at radius 3 is 3.25 bits per heavy atom. The van der Waals surface area contributed by atoms with Crippen LogP contribution in [0.2, 0.25) is 0 Å². The minimum absolute atomic E-state index is 0.325. The number of hydrogen-bond donors (Lipinski definition) is 3. The zero-order valence-electron chi connectivity index (χ0n) is 11.5. The van der Waals surface area contributed by atoms with Crippen LogP contribution in [-0.2, 0) is 4.74 Å². The fourth-order valence-electron chi connectivity index (χ4n) is 4.23. The van der Waals surface area contributed by atoms with Crippen LogP contribution in [0.15, 0.2) is 12.4 Å². The van der Waals surface area contributed by atoms with Gasteiger partial charge in [0.2, 0.25) is 0 Å². The summed E-state index contributed by atoms with van der Waals surface area (Å²) in [5.74, 6) is 1.30. The Hall–Kier alpha value is -0.560. The van der Waals surface area contributed by atoms with E-state index in [1.54, 1.807) is 0 Å². The molecule has 1 aromatic heterocycles. The molecular formula is C14H22N4OS. The minimum Gasteiger partial charge on any atom is -0.376 e. The highest BCUT2D eigenvalue weighted by molar-refractivity contribution is 8.00. The Labute approximate surface area is 123 Å². The van der Waals surface area contributed by atoms with E-state index in [0.717, 1.165) is 26.1 Å². The molecule has 3 aliphatic rings. The smallest absolute Gasteiger partial charge is 0.0778 e. The first kappa shape index (κ1) is 13.1. The largest absolute Gasteiger partial charge is 0.376 e. The maximum Gasteiger partial charge on any atom is 0.0778 e. The number of aromatic nitrogens is 2. The number of nitrogens with two attached hydrogens (primary N) is 1. The van der Waals surface area contributed by atoms with E-state index >= 15 is 0 Å². The van der Waals surface area contributed by atoms with Gasteiger partial charge in [-0.05, 0) is 18.8 Å². The number of thioether (sulfide) groups is 1. The molecule has 3 saturated heterocycles. The third-order valence-corrected chi connectivity index (χ3v) is 6.78. The number of piperidine rings is 1. The zero-order valence-corrected chi connectivity index (χ0v) is 12.3. The molecule has 4 rings (SSSR count). The van der Waals surface area contributed by atoms with E-state index in [-0.39, 0.29) is 0 Å². The maximum absolute atomic E-state index is 6.26. The Balaban J connectivity index is 1.66. The zero-order chi connectivity index (χ0) is 13.5. The standard InChI is InChI=1S/C14H22N4OS/c15-4-10-9-2-1-3-19-13-12(9)11(7-16-10)20-14(13)8-5-17-18-6-8/h5-6,9-14,16H,1-4,7,15H2,(H,17,18). The molecule has 0 radical (unpaired) electrons. The molecule has 110 valence electrons. The minimum atomic E-state index is 0.325. The lowest BCUT2D eigenvalue weighted by molar-refractivity contribution is 0.00861. The molecular weight excluding hydrogens is 272 g/mol. The number of aromatic amines is 1. The second-order valence-electron chi connectivity index (χ2n) is 6.10. The summed E-state index contributed by atoms with van der Waals surface area (Å²) in [6.45, 7) is 2.68. The summed E-state index contributed by atoms with van der Waals surface area (Å²) in [4.78, 5) is 0. The van der Waals surface area contributed by atoms with Gasteiger partial charge in [-0.1, -0.05) is 0 Å². The van der Waals surface area contributed by atoms with E-state index in [2.05, 4.69) is 27.3 Å². The van der Waals surface area contributed by atoms with Gasteiger partial charge in [0, 0.05) is 48.7 Å². The summed E-state index contributed by atoms with van der Waals surface area (Å²) in [5.41, 5.74) is 7.25. The molecule has 0 aliphatic carbocycles. The molecule has 1 aromatic rings. The first-order valence-electron chi connectivity index (χ1n) is 7.57. The fourth-order valence-corrected chi connectivity index (χ4v) is 6.04. The van der Waals surface area contributed by atoms with Crippen LogP contribution in [0.1, 0.15) is 23.7 Å². The van der Waals surface area contributed by atoms with Crippen LogP contribution in [0.3, 0.4) is 0 Å². The van der Waals surface area contributed by atoms with Crippen LogP contribution in [-0.4, -0.2) is 47.3 Å². The SMILES string of the molecule is NCC1NCC2SC(c3cn[nH]c3)C3OCCCC1C23. The van der Waals surface area contributed by atoms with Gasteiger partial charge in [-0.2, -0.15) is 5.10 Å². The predicted molar refractivity (Wildman–Crippen MR) is 79.5 cm³/mol. The van der Waals surface area contributed by atoms with E-state index in [4.69, 9.17) is 10.5 Å². The van der Waals surface area contributed by atoms with Gasteiger partial charge in [-0.25, -0.2) is 0 Å². The van der Waals surface area contributed by atoms with Crippen LogP contribution < -0.4 is 11.1 Å². The number of H-pyrrole nitrogens is 1. The van der Waals surface area contributed by atoms with Crippen LogP contribution in [0.4, 0.5) is 0 Å². The van der Waals surface area contributed by atoms with Crippen LogP contribution in [0.5, 0.6) is 0 Å². The van der Waals surface area contributed by atoms with Crippen molar-refractivity contribution in [3.05, 3.63) is 18.0 Å². The molecule has 0 spiro atoms. The Bertz CT molecular complexity index is 454. The fraction of sp³-hybridized carbons (Fsp3) is 0.786. The average molecular weight is 294 g/mol. The molecule has 6 heteroatoms. The number of ether oxygens (including phenoxy) is 1. The molecule has 0 bridgehead atoms. The van der Waals surface area contributed by atoms with E-state index in [1.807, 2.05) is 12.4 Å². The lowest BCUT2D eigenvalue weighted by Gasteiger charge is -2.40. The first-order valence-corrected chi connectivity index (χ1v) is 8.52. The summed E-state index contributed by atoms with van der Waals surface area (Å²) >= 11 is 2.06. The number of rotatable bonds is 2. The summed E-state index contributed by atoms with van der Waals surface area (Å²) in [7, 11) is 0. The monoisotopic (exact) mass is 294 g/mol. The van der Waals surface area contributed by atoms with E-state index in [0.29, 0.717) is 34.5 Å². The van der Waals surface area contributed by atoms with Gasteiger partial charge in [0.1, 0.15) is 0 Å². The number of hydrogen-bond acceptors (Lipinski definition) is 5. The molecule has 0 aromatic carbocycles. The lowest BCUT2D eigenvalue weighted by Crippen LogP contribution is -2.55. The van der Waals surface area contributed by atoms with Gasteiger partial charge >= 0.3 is 0 Å². The van der Waals surface area contributed by atoms with Crippen LogP contribution in [0, 0.1) is 11.8 Å². The Kier molecular flexibility index (Phi) is 3.50. The van der Waals surface area contributed by atoms with E-state index < -0.39 is 0 Å². The van der Waals surface area contributed by atoms with Gasteiger partial charge in [0.25, 0.3) is 0 Å². The van der Waals surface area contributed by atoms with Crippen molar-refractivity contribution in [2.45, 2.75) is 35.5 Å². The lowest BCUT2D eigenvalue weighted by atomic mass is 9.74. The second kappa shape index (κ2) is 5.33. The van der Waals surface area contributed by atoms with Crippen molar-refractivity contribution in [2.75, 3.05) is 19.7 Å². The van der Waals surface area contributed by atoms with Crippen molar-refractivity contribution < 1.29 is 4.74 Å². The third kappa shape index (κ3) is 2.01. The normalized spacial score (nSPS) is 44.0. The maximum atomic E-state index is 6.26.